The van der Waals surface area contributed by atoms with Gasteiger partial charge in [0.05, 0.1) is 0 Å². The minimum absolute atomic E-state index is 0.172. The van der Waals surface area contributed by atoms with Gasteiger partial charge in [0.2, 0.25) is 0 Å². The number of nitrogens with two attached hydrogens (primary N) is 1. The molecular formula is C23H33F2N. The topological polar surface area (TPSA) is 26.0 Å². The Morgan fingerprint density at radius 2 is 1.73 bits per heavy atom. The lowest BCUT2D eigenvalue weighted by Crippen LogP contribution is -2.31. The highest BCUT2D eigenvalue weighted by Gasteiger charge is 2.35. The molecule has 3 atom stereocenters. The smallest absolute Gasteiger partial charge is 0.162 e. The normalized spacial score (nSPS) is 32.4. The number of hydrogen-bond acceptors (Lipinski definition) is 1. The SMILES string of the molecule is C=CC1CCC(C2CCC(c3ccc(C)c(F)c3F)CC2)CC1CCN. The van der Waals surface area contributed by atoms with Crippen molar-refractivity contribution in [2.24, 2.45) is 29.4 Å². The molecule has 2 saturated carbocycles. The van der Waals surface area contributed by atoms with Gasteiger partial charge >= 0.3 is 0 Å². The molecule has 1 nitrogen and oxygen atoms in total. The number of allylic oxidation sites excluding steroid dienone is 1. The summed E-state index contributed by atoms with van der Waals surface area (Å²) in [6.45, 7) is 6.39. The van der Waals surface area contributed by atoms with Crippen LogP contribution in [0.15, 0.2) is 24.8 Å². The summed E-state index contributed by atoms with van der Waals surface area (Å²) in [4.78, 5) is 0. The zero-order chi connectivity index (χ0) is 18.7. The van der Waals surface area contributed by atoms with Gasteiger partial charge in [0.1, 0.15) is 0 Å². The third-order valence-corrected chi connectivity index (χ3v) is 7.11. The van der Waals surface area contributed by atoms with Gasteiger partial charge in [-0.2, -0.15) is 0 Å². The van der Waals surface area contributed by atoms with Crippen LogP contribution in [-0.2, 0) is 0 Å². The Morgan fingerprint density at radius 1 is 1.04 bits per heavy atom. The number of aryl methyl sites for hydroxylation is 1. The zero-order valence-corrected chi connectivity index (χ0v) is 16.0. The van der Waals surface area contributed by atoms with Crippen molar-refractivity contribution in [3.8, 4) is 0 Å². The average Bonchev–Trinajstić information content (AvgIpc) is 2.67. The molecular weight excluding hydrogens is 328 g/mol. The summed E-state index contributed by atoms with van der Waals surface area (Å²) in [5.74, 6) is 1.68. The number of benzene rings is 1. The van der Waals surface area contributed by atoms with Crippen molar-refractivity contribution in [3.05, 3.63) is 47.5 Å². The summed E-state index contributed by atoms with van der Waals surface area (Å²) < 4.78 is 28.2. The van der Waals surface area contributed by atoms with Gasteiger partial charge in [-0.15, -0.1) is 6.58 Å². The second-order valence-corrected chi connectivity index (χ2v) is 8.52. The summed E-state index contributed by atoms with van der Waals surface area (Å²) in [5, 5.41) is 0. The highest BCUT2D eigenvalue weighted by molar-refractivity contribution is 5.28. The van der Waals surface area contributed by atoms with Crippen LogP contribution in [0.25, 0.3) is 0 Å². The Bertz CT molecular complexity index is 619. The first-order valence-corrected chi connectivity index (χ1v) is 10.3. The van der Waals surface area contributed by atoms with E-state index < -0.39 is 11.6 Å². The Kier molecular flexibility index (Phi) is 6.50. The van der Waals surface area contributed by atoms with Crippen LogP contribution in [0.4, 0.5) is 8.78 Å². The van der Waals surface area contributed by atoms with Crippen LogP contribution in [-0.4, -0.2) is 6.54 Å². The summed E-state index contributed by atoms with van der Waals surface area (Å²) in [6.07, 6.45) is 11.2. The van der Waals surface area contributed by atoms with E-state index in [0.717, 1.165) is 50.5 Å². The molecule has 0 radical (unpaired) electrons. The highest BCUT2D eigenvalue weighted by atomic mass is 19.2. The van der Waals surface area contributed by atoms with E-state index in [1.807, 2.05) is 0 Å². The maximum Gasteiger partial charge on any atom is 0.162 e. The van der Waals surface area contributed by atoms with Crippen molar-refractivity contribution in [3.63, 3.8) is 0 Å². The quantitative estimate of drug-likeness (QED) is 0.629. The van der Waals surface area contributed by atoms with Gasteiger partial charge in [-0.25, -0.2) is 8.78 Å². The van der Waals surface area contributed by atoms with Gasteiger partial charge in [-0.1, -0.05) is 18.2 Å². The standard InChI is InChI=1S/C23H33F2N/c1-3-16-5-10-19(14-20(16)12-13-26)17-6-8-18(9-7-17)21-11-4-15(2)22(24)23(21)25/h3-4,11,16-20H,1,5-10,12-14,26H2,2H3. The molecule has 3 heteroatoms. The molecule has 1 aromatic rings. The van der Waals surface area contributed by atoms with Crippen LogP contribution in [0.1, 0.15) is 68.4 Å². The zero-order valence-electron chi connectivity index (χ0n) is 16.0. The van der Waals surface area contributed by atoms with Crippen LogP contribution in [0.3, 0.4) is 0 Å². The van der Waals surface area contributed by atoms with E-state index in [0.29, 0.717) is 23.0 Å². The minimum atomic E-state index is -0.669. The lowest BCUT2D eigenvalue weighted by atomic mass is 9.64. The first kappa shape index (κ1) is 19.5. The minimum Gasteiger partial charge on any atom is -0.330 e. The first-order valence-electron chi connectivity index (χ1n) is 10.3. The summed E-state index contributed by atoms with van der Waals surface area (Å²) >= 11 is 0. The van der Waals surface area contributed by atoms with Gasteiger partial charge in [0, 0.05) is 0 Å². The fourth-order valence-electron chi connectivity index (χ4n) is 5.49. The lowest BCUT2D eigenvalue weighted by Gasteiger charge is -2.41. The van der Waals surface area contributed by atoms with E-state index in [1.54, 1.807) is 19.1 Å². The third-order valence-electron chi connectivity index (χ3n) is 7.11. The molecule has 0 spiro atoms. The summed E-state index contributed by atoms with van der Waals surface area (Å²) in [6, 6.07) is 3.51. The molecule has 0 amide bonds. The van der Waals surface area contributed by atoms with Gasteiger partial charge < -0.3 is 5.73 Å². The molecule has 3 rings (SSSR count). The van der Waals surface area contributed by atoms with Crippen LogP contribution in [0.2, 0.25) is 0 Å². The van der Waals surface area contributed by atoms with Crippen molar-refractivity contribution in [2.75, 3.05) is 6.54 Å². The molecule has 1 aromatic carbocycles. The van der Waals surface area contributed by atoms with Gasteiger partial charge in [-0.05, 0) is 106 Å². The maximum absolute atomic E-state index is 14.3. The largest absolute Gasteiger partial charge is 0.330 e. The molecule has 0 bridgehead atoms. The average molecular weight is 362 g/mol. The molecule has 0 aromatic heterocycles. The van der Waals surface area contributed by atoms with Crippen molar-refractivity contribution < 1.29 is 8.78 Å². The Morgan fingerprint density at radius 3 is 2.38 bits per heavy atom. The molecule has 2 N–H and O–H groups in total. The van der Waals surface area contributed by atoms with E-state index in [9.17, 15) is 8.78 Å². The fourth-order valence-corrected chi connectivity index (χ4v) is 5.49. The summed E-state index contributed by atoms with van der Waals surface area (Å²) in [5.41, 5.74) is 6.80. The lowest BCUT2D eigenvalue weighted by molar-refractivity contribution is 0.124. The second kappa shape index (κ2) is 8.65. The molecule has 2 aliphatic carbocycles. The highest BCUT2D eigenvalue weighted by Crippen LogP contribution is 2.46. The van der Waals surface area contributed by atoms with Crippen LogP contribution in [0, 0.1) is 42.2 Å². The predicted molar refractivity (Wildman–Crippen MR) is 104 cm³/mol. The molecule has 0 heterocycles. The fraction of sp³-hybridized carbons (Fsp3) is 0.652. The molecule has 144 valence electrons. The van der Waals surface area contributed by atoms with Gasteiger partial charge in [0.25, 0.3) is 0 Å². The van der Waals surface area contributed by atoms with E-state index in [-0.39, 0.29) is 5.92 Å². The van der Waals surface area contributed by atoms with Crippen LogP contribution in [0.5, 0.6) is 0 Å². The molecule has 2 aliphatic rings. The Hall–Kier alpha value is -1.22. The van der Waals surface area contributed by atoms with E-state index in [1.165, 1.54) is 19.3 Å². The molecule has 0 saturated heterocycles. The van der Waals surface area contributed by atoms with Crippen molar-refractivity contribution in [1.29, 1.82) is 0 Å². The molecule has 0 aliphatic heterocycles. The van der Waals surface area contributed by atoms with Gasteiger partial charge in [0.15, 0.2) is 11.6 Å². The second-order valence-electron chi connectivity index (χ2n) is 8.52. The number of halogens is 2. The molecule has 2 fully saturated rings. The van der Waals surface area contributed by atoms with Crippen molar-refractivity contribution >= 4 is 0 Å². The van der Waals surface area contributed by atoms with Crippen LogP contribution < -0.4 is 5.73 Å². The number of hydrogen-bond donors (Lipinski definition) is 1. The van der Waals surface area contributed by atoms with E-state index in [2.05, 4.69) is 12.7 Å². The first-order chi connectivity index (χ1) is 12.5. The van der Waals surface area contributed by atoms with E-state index >= 15 is 0 Å². The van der Waals surface area contributed by atoms with Gasteiger partial charge in [-0.3, -0.25) is 0 Å². The van der Waals surface area contributed by atoms with Crippen molar-refractivity contribution in [1.82, 2.24) is 0 Å². The molecule has 3 unspecified atom stereocenters. The summed E-state index contributed by atoms with van der Waals surface area (Å²) in [7, 11) is 0. The third kappa shape index (κ3) is 4.03. The predicted octanol–water partition coefficient (Wildman–Crippen LogP) is 6.11. The monoisotopic (exact) mass is 361 g/mol. The van der Waals surface area contributed by atoms with E-state index in [4.69, 9.17) is 5.73 Å². The maximum atomic E-state index is 14.3. The Balaban J connectivity index is 1.60. The Labute approximate surface area is 157 Å². The molecule has 26 heavy (non-hydrogen) atoms. The number of rotatable bonds is 5. The van der Waals surface area contributed by atoms with Crippen molar-refractivity contribution in [2.45, 2.75) is 64.2 Å². The van der Waals surface area contributed by atoms with Crippen LogP contribution >= 0.6 is 0 Å².